The standard InChI is InChI=1S/C16H14F3NO/c1-10-2-7-14(20)13(8-10)15(21)9-11-3-5-12(6-4-11)16(17,18)19/h2-8H,9,20H2,1H3. The van der Waals surface area contributed by atoms with Gasteiger partial charge in [-0.25, -0.2) is 0 Å². The number of hydrogen-bond acceptors (Lipinski definition) is 2. The Balaban J connectivity index is 2.18. The van der Waals surface area contributed by atoms with Crippen LogP contribution in [0.3, 0.4) is 0 Å². The molecule has 0 aliphatic heterocycles. The zero-order chi connectivity index (χ0) is 15.6. The van der Waals surface area contributed by atoms with Crippen LogP contribution in [0.2, 0.25) is 0 Å². The highest BCUT2D eigenvalue weighted by atomic mass is 19.4. The van der Waals surface area contributed by atoms with Gasteiger partial charge in [-0.05, 0) is 36.8 Å². The predicted octanol–water partition coefficient (Wildman–Crippen LogP) is 4.02. The number of anilines is 1. The topological polar surface area (TPSA) is 43.1 Å². The van der Waals surface area contributed by atoms with Gasteiger partial charge < -0.3 is 5.73 Å². The Labute approximate surface area is 120 Å². The number of rotatable bonds is 3. The lowest BCUT2D eigenvalue weighted by atomic mass is 9.99. The number of benzene rings is 2. The molecule has 0 saturated carbocycles. The fraction of sp³-hybridized carbons (Fsp3) is 0.188. The van der Waals surface area contributed by atoms with E-state index in [9.17, 15) is 18.0 Å². The maximum Gasteiger partial charge on any atom is 0.416 e. The highest BCUT2D eigenvalue weighted by Gasteiger charge is 2.30. The lowest BCUT2D eigenvalue weighted by molar-refractivity contribution is -0.137. The number of alkyl halides is 3. The first kappa shape index (κ1) is 15.1. The maximum absolute atomic E-state index is 12.5. The second kappa shape index (κ2) is 5.60. The molecule has 2 aromatic carbocycles. The monoisotopic (exact) mass is 293 g/mol. The average molecular weight is 293 g/mol. The fourth-order valence-electron chi connectivity index (χ4n) is 2.00. The summed E-state index contributed by atoms with van der Waals surface area (Å²) in [4.78, 5) is 12.2. The number of aryl methyl sites for hydroxylation is 1. The number of Topliss-reactive ketones (excluding diaryl/α,β-unsaturated/α-hetero) is 1. The lowest BCUT2D eigenvalue weighted by Gasteiger charge is -2.08. The molecule has 0 aliphatic carbocycles. The summed E-state index contributed by atoms with van der Waals surface area (Å²) in [6.45, 7) is 1.84. The molecule has 0 saturated heterocycles. The molecule has 0 aromatic heterocycles. The van der Waals surface area contributed by atoms with Crippen molar-refractivity contribution in [1.29, 1.82) is 0 Å². The van der Waals surface area contributed by atoms with E-state index >= 15 is 0 Å². The minimum Gasteiger partial charge on any atom is -0.398 e. The van der Waals surface area contributed by atoms with E-state index in [2.05, 4.69) is 0 Å². The molecule has 5 heteroatoms. The molecule has 2 N–H and O–H groups in total. The number of nitrogen functional groups attached to an aromatic ring is 1. The third kappa shape index (κ3) is 3.62. The molecule has 2 rings (SSSR count). The van der Waals surface area contributed by atoms with Crippen molar-refractivity contribution in [3.05, 3.63) is 64.7 Å². The smallest absolute Gasteiger partial charge is 0.398 e. The molecule has 21 heavy (non-hydrogen) atoms. The van der Waals surface area contributed by atoms with E-state index < -0.39 is 11.7 Å². The highest BCUT2D eigenvalue weighted by molar-refractivity contribution is 6.02. The van der Waals surface area contributed by atoms with Gasteiger partial charge in [0.2, 0.25) is 0 Å². The van der Waals surface area contributed by atoms with E-state index in [0.717, 1.165) is 17.7 Å². The zero-order valence-corrected chi connectivity index (χ0v) is 11.4. The van der Waals surface area contributed by atoms with Crippen molar-refractivity contribution in [2.45, 2.75) is 19.5 Å². The lowest BCUT2D eigenvalue weighted by Crippen LogP contribution is -2.08. The second-order valence-electron chi connectivity index (χ2n) is 4.89. The van der Waals surface area contributed by atoms with E-state index in [1.807, 2.05) is 6.92 Å². The molecular weight excluding hydrogens is 279 g/mol. The highest BCUT2D eigenvalue weighted by Crippen LogP contribution is 2.29. The third-order valence-electron chi connectivity index (χ3n) is 3.16. The van der Waals surface area contributed by atoms with Gasteiger partial charge in [0, 0.05) is 17.7 Å². The van der Waals surface area contributed by atoms with Crippen LogP contribution in [-0.2, 0) is 12.6 Å². The summed E-state index contributed by atoms with van der Waals surface area (Å²) in [7, 11) is 0. The van der Waals surface area contributed by atoms with Crippen LogP contribution in [-0.4, -0.2) is 5.78 Å². The summed E-state index contributed by atoms with van der Waals surface area (Å²) in [5, 5.41) is 0. The van der Waals surface area contributed by atoms with Crippen molar-refractivity contribution in [3.63, 3.8) is 0 Å². The first-order valence-electron chi connectivity index (χ1n) is 6.33. The Morgan fingerprint density at radius 3 is 2.29 bits per heavy atom. The van der Waals surface area contributed by atoms with Gasteiger partial charge in [0.25, 0.3) is 0 Å². The molecule has 0 bridgehead atoms. The van der Waals surface area contributed by atoms with Gasteiger partial charge in [0.05, 0.1) is 5.56 Å². The average Bonchev–Trinajstić information content (AvgIpc) is 2.41. The molecular formula is C16H14F3NO. The van der Waals surface area contributed by atoms with Crippen LogP contribution in [0.15, 0.2) is 42.5 Å². The first-order valence-corrected chi connectivity index (χ1v) is 6.33. The van der Waals surface area contributed by atoms with Gasteiger partial charge in [-0.3, -0.25) is 4.79 Å². The SMILES string of the molecule is Cc1ccc(N)c(C(=O)Cc2ccc(C(F)(F)F)cc2)c1. The molecule has 0 fully saturated rings. The fourth-order valence-corrected chi connectivity index (χ4v) is 2.00. The normalized spacial score (nSPS) is 11.4. The molecule has 2 nitrogen and oxygen atoms in total. The summed E-state index contributed by atoms with van der Waals surface area (Å²) in [5.74, 6) is -0.212. The Morgan fingerprint density at radius 2 is 1.71 bits per heavy atom. The van der Waals surface area contributed by atoms with Crippen molar-refractivity contribution in [2.75, 3.05) is 5.73 Å². The van der Waals surface area contributed by atoms with Gasteiger partial charge in [-0.1, -0.05) is 23.8 Å². The molecule has 0 atom stereocenters. The van der Waals surface area contributed by atoms with Crippen molar-refractivity contribution >= 4 is 11.5 Å². The largest absolute Gasteiger partial charge is 0.416 e. The molecule has 0 heterocycles. The van der Waals surface area contributed by atoms with E-state index in [0.29, 0.717) is 16.8 Å². The zero-order valence-electron chi connectivity index (χ0n) is 11.4. The van der Waals surface area contributed by atoms with Crippen LogP contribution in [0.1, 0.15) is 27.0 Å². The molecule has 0 unspecified atom stereocenters. The second-order valence-corrected chi connectivity index (χ2v) is 4.89. The van der Waals surface area contributed by atoms with Crippen LogP contribution in [0.25, 0.3) is 0 Å². The van der Waals surface area contributed by atoms with Crippen molar-refractivity contribution in [2.24, 2.45) is 0 Å². The van der Waals surface area contributed by atoms with Gasteiger partial charge in [0.1, 0.15) is 0 Å². The molecule has 0 aliphatic rings. The van der Waals surface area contributed by atoms with E-state index in [1.165, 1.54) is 12.1 Å². The molecule has 0 radical (unpaired) electrons. The van der Waals surface area contributed by atoms with Crippen molar-refractivity contribution in [1.82, 2.24) is 0 Å². The van der Waals surface area contributed by atoms with Crippen LogP contribution in [0.4, 0.5) is 18.9 Å². The molecule has 0 amide bonds. The van der Waals surface area contributed by atoms with Gasteiger partial charge >= 0.3 is 6.18 Å². The van der Waals surface area contributed by atoms with Crippen LogP contribution in [0.5, 0.6) is 0 Å². The van der Waals surface area contributed by atoms with Gasteiger partial charge in [0.15, 0.2) is 5.78 Å². The first-order chi connectivity index (χ1) is 9.77. The number of hydrogen-bond donors (Lipinski definition) is 1. The minimum atomic E-state index is -4.37. The predicted molar refractivity (Wildman–Crippen MR) is 75.1 cm³/mol. The van der Waals surface area contributed by atoms with Crippen LogP contribution in [0, 0.1) is 6.92 Å². The molecule has 110 valence electrons. The number of nitrogens with two attached hydrogens (primary N) is 1. The van der Waals surface area contributed by atoms with Crippen LogP contribution >= 0.6 is 0 Å². The maximum atomic E-state index is 12.5. The van der Waals surface area contributed by atoms with Crippen molar-refractivity contribution < 1.29 is 18.0 Å². The van der Waals surface area contributed by atoms with Gasteiger partial charge in [-0.2, -0.15) is 13.2 Å². The van der Waals surface area contributed by atoms with Gasteiger partial charge in [-0.15, -0.1) is 0 Å². The summed E-state index contributed by atoms with van der Waals surface area (Å²) in [5.41, 5.74) is 7.22. The third-order valence-corrected chi connectivity index (χ3v) is 3.16. The van der Waals surface area contributed by atoms with E-state index in [1.54, 1.807) is 18.2 Å². The summed E-state index contributed by atoms with van der Waals surface area (Å²) in [6.07, 6.45) is -4.35. The molecule has 2 aromatic rings. The Kier molecular flexibility index (Phi) is 4.02. The summed E-state index contributed by atoms with van der Waals surface area (Å²) < 4.78 is 37.4. The minimum absolute atomic E-state index is 0.0196. The summed E-state index contributed by atoms with van der Waals surface area (Å²) in [6, 6.07) is 9.70. The number of ketones is 1. The number of halogens is 3. The molecule has 0 spiro atoms. The van der Waals surface area contributed by atoms with E-state index in [4.69, 9.17) is 5.73 Å². The van der Waals surface area contributed by atoms with Crippen LogP contribution < -0.4 is 5.73 Å². The Hall–Kier alpha value is -2.30. The number of carbonyl (C=O) groups is 1. The number of carbonyl (C=O) groups excluding carboxylic acids is 1. The summed E-state index contributed by atoms with van der Waals surface area (Å²) >= 11 is 0. The van der Waals surface area contributed by atoms with Crippen molar-refractivity contribution in [3.8, 4) is 0 Å². The Morgan fingerprint density at radius 1 is 1.10 bits per heavy atom. The Bertz CT molecular complexity index is 660. The quantitative estimate of drug-likeness (QED) is 0.686. The van der Waals surface area contributed by atoms with E-state index in [-0.39, 0.29) is 12.2 Å².